The van der Waals surface area contributed by atoms with Gasteiger partial charge >= 0.3 is 0 Å². The van der Waals surface area contributed by atoms with Crippen molar-refractivity contribution < 1.29 is 14.6 Å². The summed E-state index contributed by atoms with van der Waals surface area (Å²) < 4.78 is 10.5. The second-order valence-corrected chi connectivity index (χ2v) is 3.46. The maximum Gasteiger partial charge on any atom is 0.171 e. The topological polar surface area (TPSA) is 67.4 Å². The number of aliphatic hydroxyl groups is 1. The number of hydrogen-bond acceptors (Lipinski definition) is 4. The van der Waals surface area contributed by atoms with Crippen molar-refractivity contribution in [2.24, 2.45) is 0 Å². The van der Waals surface area contributed by atoms with Crippen molar-refractivity contribution in [2.75, 3.05) is 14.2 Å². The van der Waals surface area contributed by atoms with Crippen LogP contribution >= 0.6 is 0 Å². The van der Waals surface area contributed by atoms with E-state index in [1.165, 1.54) is 0 Å². The van der Waals surface area contributed by atoms with Crippen LogP contribution in [0.4, 0.5) is 0 Å². The van der Waals surface area contributed by atoms with Crippen LogP contribution < -0.4 is 9.47 Å². The SMILES string of the molecule is COc1cccc(-c2ncc(CO)[nH]2)c1OC. The van der Waals surface area contributed by atoms with Gasteiger partial charge in [-0.3, -0.25) is 0 Å². The molecule has 2 rings (SSSR count). The third-order valence-corrected chi connectivity index (χ3v) is 2.46. The molecule has 2 N–H and O–H groups in total. The fourth-order valence-corrected chi connectivity index (χ4v) is 1.65. The van der Waals surface area contributed by atoms with E-state index < -0.39 is 0 Å². The highest BCUT2D eigenvalue weighted by atomic mass is 16.5. The zero-order valence-electron chi connectivity index (χ0n) is 9.73. The molecule has 17 heavy (non-hydrogen) atoms. The first-order valence-electron chi connectivity index (χ1n) is 5.16. The molecular weight excluding hydrogens is 220 g/mol. The van der Waals surface area contributed by atoms with Crippen LogP contribution in [0.3, 0.4) is 0 Å². The number of H-pyrrole nitrogens is 1. The number of imidazole rings is 1. The van der Waals surface area contributed by atoms with E-state index in [4.69, 9.17) is 14.6 Å². The molecule has 5 nitrogen and oxygen atoms in total. The third kappa shape index (κ3) is 2.09. The molecule has 0 aliphatic heterocycles. The number of aromatic nitrogens is 2. The number of aromatic amines is 1. The fraction of sp³-hybridized carbons (Fsp3) is 0.250. The number of nitrogens with one attached hydrogen (secondary N) is 1. The Balaban J connectivity index is 2.50. The number of nitrogens with zero attached hydrogens (tertiary/aromatic N) is 1. The Morgan fingerprint density at radius 3 is 2.71 bits per heavy atom. The standard InChI is InChI=1S/C12H14N2O3/c1-16-10-5-3-4-9(11(10)17-2)12-13-6-8(7-15)14-12/h3-6,15H,7H2,1-2H3,(H,13,14). The van der Waals surface area contributed by atoms with Crippen molar-refractivity contribution in [1.29, 1.82) is 0 Å². The van der Waals surface area contributed by atoms with E-state index in [0.29, 0.717) is 23.0 Å². The summed E-state index contributed by atoms with van der Waals surface area (Å²) in [6.07, 6.45) is 1.59. The molecule has 90 valence electrons. The first kappa shape index (κ1) is 11.5. The Kier molecular flexibility index (Phi) is 3.30. The van der Waals surface area contributed by atoms with Crippen LogP contribution in [0.5, 0.6) is 11.5 Å². The summed E-state index contributed by atoms with van der Waals surface area (Å²) in [6, 6.07) is 5.55. The van der Waals surface area contributed by atoms with Crippen LogP contribution in [-0.2, 0) is 6.61 Å². The molecular formula is C12H14N2O3. The minimum Gasteiger partial charge on any atom is -0.493 e. The summed E-state index contributed by atoms with van der Waals surface area (Å²) >= 11 is 0. The van der Waals surface area contributed by atoms with E-state index in [2.05, 4.69) is 9.97 Å². The zero-order valence-corrected chi connectivity index (χ0v) is 9.73. The van der Waals surface area contributed by atoms with Gasteiger partial charge in [0.15, 0.2) is 11.5 Å². The average molecular weight is 234 g/mol. The largest absolute Gasteiger partial charge is 0.493 e. The number of rotatable bonds is 4. The Morgan fingerprint density at radius 2 is 2.12 bits per heavy atom. The molecule has 0 unspecified atom stereocenters. The van der Waals surface area contributed by atoms with Gasteiger partial charge in [0, 0.05) is 0 Å². The molecule has 0 aliphatic rings. The quantitative estimate of drug-likeness (QED) is 0.843. The Bertz CT molecular complexity index is 508. The first-order valence-corrected chi connectivity index (χ1v) is 5.16. The van der Waals surface area contributed by atoms with E-state index in [1.54, 1.807) is 20.4 Å². The summed E-state index contributed by atoms with van der Waals surface area (Å²) in [5.74, 6) is 1.91. The molecule has 2 aromatic rings. The predicted molar refractivity (Wildman–Crippen MR) is 63.1 cm³/mol. The summed E-state index contributed by atoms with van der Waals surface area (Å²) in [4.78, 5) is 7.20. The molecule has 1 heterocycles. The van der Waals surface area contributed by atoms with Gasteiger partial charge in [-0.15, -0.1) is 0 Å². The molecule has 0 aliphatic carbocycles. The highest BCUT2D eigenvalue weighted by Crippen LogP contribution is 2.36. The lowest BCUT2D eigenvalue weighted by Crippen LogP contribution is -1.94. The van der Waals surface area contributed by atoms with Crippen LogP contribution in [0.2, 0.25) is 0 Å². The zero-order chi connectivity index (χ0) is 12.3. The minimum absolute atomic E-state index is 0.0702. The van der Waals surface area contributed by atoms with Gasteiger partial charge in [0.2, 0.25) is 0 Å². The molecule has 0 atom stereocenters. The Labute approximate surface area is 99.0 Å². The highest BCUT2D eigenvalue weighted by molar-refractivity contribution is 5.68. The third-order valence-electron chi connectivity index (χ3n) is 2.46. The lowest BCUT2D eigenvalue weighted by Gasteiger charge is -2.10. The van der Waals surface area contributed by atoms with Crippen molar-refractivity contribution in [2.45, 2.75) is 6.61 Å². The number of methoxy groups -OCH3 is 2. The average Bonchev–Trinajstić information content (AvgIpc) is 2.86. The first-order chi connectivity index (χ1) is 8.30. The van der Waals surface area contributed by atoms with Gasteiger partial charge in [-0.05, 0) is 12.1 Å². The molecule has 1 aromatic heterocycles. The van der Waals surface area contributed by atoms with E-state index in [-0.39, 0.29) is 6.61 Å². The van der Waals surface area contributed by atoms with Crippen LogP contribution in [0.15, 0.2) is 24.4 Å². The molecule has 0 saturated heterocycles. The van der Waals surface area contributed by atoms with Gasteiger partial charge in [-0.2, -0.15) is 0 Å². The molecule has 0 radical (unpaired) electrons. The fourth-order valence-electron chi connectivity index (χ4n) is 1.65. The smallest absolute Gasteiger partial charge is 0.171 e. The molecule has 1 aromatic carbocycles. The lowest BCUT2D eigenvalue weighted by atomic mass is 10.1. The number of aliphatic hydroxyl groups excluding tert-OH is 1. The van der Waals surface area contributed by atoms with Crippen molar-refractivity contribution in [3.63, 3.8) is 0 Å². The molecule has 0 saturated carbocycles. The summed E-state index contributed by atoms with van der Waals surface area (Å²) in [5, 5.41) is 9.00. The lowest BCUT2D eigenvalue weighted by molar-refractivity contribution is 0.277. The number of ether oxygens (including phenoxy) is 2. The van der Waals surface area contributed by atoms with E-state index in [9.17, 15) is 0 Å². The monoisotopic (exact) mass is 234 g/mol. The summed E-state index contributed by atoms with van der Waals surface area (Å²) in [5.41, 5.74) is 1.46. The summed E-state index contributed by atoms with van der Waals surface area (Å²) in [6.45, 7) is -0.0702. The van der Waals surface area contributed by atoms with Gasteiger partial charge < -0.3 is 19.6 Å². The Hall–Kier alpha value is -2.01. The van der Waals surface area contributed by atoms with E-state index >= 15 is 0 Å². The number of benzene rings is 1. The van der Waals surface area contributed by atoms with Crippen molar-refractivity contribution in [3.05, 3.63) is 30.1 Å². The van der Waals surface area contributed by atoms with E-state index in [0.717, 1.165) is 5.56 Å². The van der Waals surface area contributed by atoms with Crippen LogP contribution in [-0.4, -0.2) is 29.3 Å². The maximum atomic E-state index is 9.00. The van der Waals surface area contributed by atoms with Crippen LogP contribution in [0, 0.1) is 0 Å². The van der Waals surface area contributed by atoms with Gasteiger partial charge in [-0.25, -0.2) is 4.98 Å². The van der Waals surface area contributed by atoms with Gasteiger partial charge in [-0.1, -0.05) is 6.07 Å². The molecule has 0 spiro atoms. The second-order valence-electron chi connectivity index (χ2n) is 3.46. The molecule has 0 amide bonds. The highest BCUT2D eigenvalue weighted by Gasteiger charge is 2.13. The van der Waals surface area contributed by atoms with Gasteiger partial charge in [0.05, 0.1) is 38.3 Å². The normalized spacial score (nSPS) is 10.3. The summed E-state index contributed by atoms with van der Waals surface area (Å²) in [7, 11) is 3.17. The van der Waals surface area contributed by atoms with E-state index in [1.807, 2.05) is 18.2 Å². The van der Waals surface area contributed by atoms with Gasteiger partial charge in [0.1, 0.15) is 5.82 Å². The van der Waals surface area contributed by atoms with Crippen LogP contribution in [0.25, 0.3) is 11.4 Å². The van der Waals surface area contributed by atoms with Crippen LogP contribution in [0.1, 0.15) is 5.69 Å². The minimum atomic E-state index is -0.0702. The van der Waals surface area contributed by atoms with Crippen molar-refractivity contribution >= 4 is 0 Å². The molecule has 5 heteroatoms. The van der Waals surface area contributed by atoms with Crippen molar-refractivity contribution in [1.82, 2.24) is 9.97 Å². The predicted octanol–water partition coefficient (Wildman–Crippen LogP) is 1.59. The van der Waals surface area contributed by atoms with Gasteiger partial charge in [0.25, 0.3) is 0 Å². The maximum absolute atomic E-state index is 9.00. The van der Waals surface area contributed by atoms with Crippen molar-refractivity contribution in [3.8, 4) is 22.9 Å². The second kappa shape index (κ2) is 4.88. The number of hydrogen-bond donors (Lipinski definition) is 2. The number of para-hydroxylation sites is 1. The Morgan fingerprint density at radius 1 is 1.29 bits per heavy atom. The molecule has 0 bridgehead atoms. The molecule has 0 fully saturated rings.